The summed E-state index contributed by atoms with van der Waals surface area (Å²) >= 11 is 12.5. The highest BCUT2D eigenvalue weighted by Crippen LogP contribution is 2.34. The highest BCUT2D eigenvalue weighted by molar-refractivity contribution is 6.44. The maximum absolute atomic E-state index is 13.6. The van der Waals surface area contributed by atoms with E-state index in [-0.39, 0.29) is 5.91 Å². The van der Waals surface area contributed by atoms with Gasteiger partial charge in [0.2, 0.25) is 0 Å². The number of anilines is 1. The Balaban J connectivity index is 1.93. The molecule has 0 saturated carbocycles. The number of fused-ring (bicyclic) bond motifs is 1. The van der Waals surface area contributed by atoms with E-state index in [1.165, 1.54) is 0 Å². The molecule has 0 aliphatic heterocycles. The van der Waals surface area contributed by atoms with Gasteiger partial charge in [-0.3, -0.25) is 4.79 Å². The number of carbonyl (C=O) groups is 1. The van der Waals surface area contributed by atoms with Gasteiger partial charge in [0.15, 0.2) is 0 Å². The van der Waals surface area contributed by atoms with Crippen LogP contribution in [0.5, 0.6) is 5.75 Å². The molecular formula is C26H22Cl2N2O2. The van der Waals surface area contributed by atoms with E-state index in [4.69, 9.17) is 32.9 Å². The molecule has 0 fully saturated rings. The summed E-state index contributed by atoms with van der Waals surface area (Å²) in [5.74, 6) is 0.492. The molecule has 0 bridgehead atoms. The average Bonchev–Trinajstić information content (AvgIpc) is 2.76. The van der Waals surface area contributed by atoms with Gasteiger partial charge in [-0.15, -0.1) is 0 Å². The Labute approximate surface area is 197 Å². The third-order valence-corrected chi connectivity index (χ3v) is 6.28. The molecule has 3 aromatic carbocycles. The quantitative estimate of drug-likeness (QED) is 0.342. The average molecular weight is 465 g/mol. The van der Waals surface area contributed by atoms with E-state index in [2.05, 4.69) is 11.4 Å². The molecule has 162 valence electrons. The molecular weight excluding hydrogens is 443 g/mol. The molecule has 0 spiro atoms. The molecule has 4 rings (SSSR count). The fourth-order valence-corrected chi connectivity index (χ4v) is 4.27. The summed E-state index contributed by atoms with van der Waals surface area (Å²) in [6, 6.07) is 16.9. The van der Waals surface area contributed by atoms with E-state index in [0.717, 1.165) is 44.6 Å². The van der Waals surface area contributed by atoms with Crippen LogP contribution in [0.4, 0.5) is 5.69 Å². The van der Waals surface area contributed by atoms with Gasteiger partial charge >= 0.3 is 0 Å². The minimum Gasteiger partial charge on any atom is -0.497 e. The zero-order valence-electron chi connectivity index (χ0n) is 18.2. The predicted octanol–water partition coefficient (Wildman–Crippen LogP) is 7.39. The first-order chi connectivity index (χ1) is 15.3. The Morgan fingerprint density at radius 3 is 2.41 bits per heavy atom. The fraction of sp³-hybridized carbons (Fsp3) is 0.154. The molecule has 6 heteroatoms. The number of rotatable bonds is 4. The SMILES string of the molecule is COc1ccc(-c2nc3c(C)cc(C)cc3c(C(=O)Nc3cccc(Cl)c3Cl)c2C)cc1. The van der Waals surface area contributed by atoms with Crippen molar-refractivity contribution in [2.75, 3.05) is 12.4 Å². The highest BCUT2D eigenvalue weighted by atomic mass is 35.5. The second kappa shape index (κ2) is 8.81. The van der Waals surface area contributed by atoms with Gasteiger partial charge in [0.1, 0.15) is 5.75 Å². The van der Waals surface area contributed by atoms with Gasteiger partial charge < -0.3 is 10.1 Å². The van der Waals surface area contributed by atoms with Crippen molar-refractivity contribution in [2.24, 2.45) is 0 Å². The lowest BCUT2D eigenvalue weighted by atomic mass is 9.94. The largest absolute Gasteiger partial charge is 0.497 e. The Bertz CT molecular complexity index is 1350. The minimum absolute atomic E-state index is 0.265. The number of methoxy groups -OCH3 is 1. The lowest BCUT2D eigenvalue weighted by Gasteiger charge is -2.17. The molecule has 4 aromatic rings. The van der Waals surface area contributed by atoms with Crippen LogP contribution in [0, 0.1) is 20.8 Å². The lowest BCUT2D eigenvalue weighted by molar-refractivity contribution is 0.102. The minimum atomic E-state index is -0.265. The molecule has 0 unspecified atom stereocenters. The predicted molar refractivity (Wildman–Crippen MR) is 132 cm³/mol. The number of nitrogens with one attached hydrogen (secondary N) is 1. The number of aryl methyl sites for hydroxylation is 2. The van der Waals surface area contributed by atoms with Crippen LogP contribution < -0.4 is 10.1 Å². The molecule has 1 amide bonds. The number of amides is 1. The van der Waals surface area contributed by atoms with Gasteiger partial charge in [0.05, 0.1) is 39.6 Å². The summed E-state index contributed by atoms with van der Waals surface area (Å²) in [5.41, 5.74) is 6.30. The van der Waals surface area contributed by atoms with E-state index >= 15 is 0 Å². The van der Waals surface area contributed by atoms with E-state index in [1.54, 1.807) is 25.3 Å². The van der Waals surface area contributed by atoms with Crippen molar-refractivity contribution in [3.05, 3.63) is 86.9 Å². The van der Waals surface area contributed by atoms with Gasteiger partial charge in [-0.05, 0) is 74.4 Å². The zero-order chi connectivity index (χ0) is 23.0. The molecule has 0 aliphatic carbocycles. The Morgan fingerprint density at radius 1 is 1.00 bits per heavy atom. The van der Waals surface area contributed by atoms with Crippen molar-refractivity contribution in [3.8, 4) is 17.0 Å². The zero-order valence-corrected chi connectivity index (χ0v) is 19.7. The number of carbonyl (C=O) groups excluding carboxylic acids is 1. The standard InChI is InChI=1S/C26H22Cl2N2O2/c1-14-12-15(2)24-19(13-14)22(26(31)29-21-7-5-6-20(27)23(21)28)16(3)25(30-24)17-8-10-18(32-4)11-9-17/h5-13H,1-4H3,(H,29,31). The number of pyridine rings is 1. The number of halogens is 2. The summed E-state index contributed by atoms with van der Waals surface area (Å²) < 4.78 is 5.28. The molecule has 32 heavy (non-hydrogen) atoms. The smallest absolute Gasteiger partial charge is 0.256 e. The van der Waals surface area contributed by atoms with Crippen LogP contribution in [0.3, 0.4) is 0 Å². The normalized spacial score (nSPS) is 10.9. The molecule has 1 heterocycles. The maximum atomic E-state index is 13.6. The third-order valence-electron chi connectivity index (χ3n) is 5.46. The Kier molecular flexibility index (Phi) is 6.09. The number of nitrogens with zero attached hydrogens (tertiary/aromatic N) is 1. The number of aromatic nitrogens is 1. The van der Waals surface area contributed by atoms with Crippen LogP contribution in [0.1, 0.15) is 27.0 Å². The summed E-state index contributed by atoms with van der Waals surface area (Å²) in [5, 5.41) is 4.42. The fourth-order valence-electron chi connectivity index (χ4n) is 3.92. The molecule has 1 aromatic heterocycles. The Hall–Kier alpha value is -3.08. The summed E-state index contributed by atoms with van der Waals surface area (Å²) in [6.45, 7) is 5.93. The summed E-state index contributed by atoms with van der Waals surface area (Å²) in [6.07, 6.45) is 0. The van der Waals surface area contributed by atoms with Crippen LogP contribution in [-0.2, 0) is 0 Å². The topological polar surface area (TPSA) is 51.2 Å². The van der Waals surface area contributed by atoms with Gasteiger partial charge in [-0.25, -0.2) is 4.98 Å². The molecule has 4 nitrogen and oxygen atoms in total. The van der Waals surface area contributed by atoms with Crippen molar-refractivity contribution >= 4 is 45.7 Å². The second-order valence-electron chi connectivity index (χ2n) is 7.72. The number of ether oxygens (including phenoxy) is 1. The highest BCUT2D eigenvalue weighted by Gasteiger charge is 2.21. The van der Waals surface area contributed by atoms with Crippen LogP contribution >= 0.6 is 23.2 Å². The van der Waals surface area contributed by atoms with Crippen molar-refractivity contribution in [2.45, 2.75) is 20.8 Å². The second-order valence-corrected chi connectivity index (χ2v) is 8.51. The van der Waals surface area contributed by atoms with Gasteiger partial charge in [-0.1, -0.05) is 40.9 Å². The first-order valence-electron chi connectivity index (χ1n) is 10.1. The first-order valence-corrected chi connectivity index (χ1v) is 10.9. The molecule has 0 radical (unpaired) electrons. The number of hydrogen-bond donors (Lipinski definition) is 1. The first kappa shape index (κ1) is 22.1. The van der Waals surface area contributed by atoms with Gasteiger partial charge in [0.25, 0.3) is 5.91 Å². The van der Waals surface area contributed by atoms with E-state index in [1.807, 2.05) is 51.1 Å². The molecule has 1 N–H and O–H groups in total. The van der Waals surface area contributed by atoms with Crippen LogP contribution in [0.15, 0.2) is 54.6 Å². The third kappa shape index (κ3) is 4.04. The van der Waals surface area contributed by atoms with Crippen LogP contribution in [0.2, 0.25) is 10.0 Å². The molecule has 0 aliphatic rings. The Morgan fingerprint density at radius 2 is 1.72 bits per heavy atom. The van der Waals surface area contributed by atoms with E-state index < -0.39 is 0 Å². The summed E-state index contributed by atoms with van der Waals surface area (Å²) in [4.78, 5) is 18.5. The molecule has 0 saturated heterocycles. The monoisotopic (exact) mass is 464 g/mol. The van der Waals surface area contributed by atoms with Gasteiger partial charge in [-0.2, -0.15) is 0 Å². The van der Waals surface area contributed by atoms with Crippen LogP contribution in [0.25, 0.3) is 22.2 Å². The van der Waals surface area contributed by atoms with Gasteiger partial charge in [0, 0.05) is 10.9 Å². The maximum Gasteiger partial charge on any atom is 0.256 e. The van der Waals surface area contributed by atoms with Crippen molar-refractivity contribution in [3.63, 3.8) is 0 Å². The van der Waals surface area contributed by atoms with Crippen LogP contribution in [-0.4, -0.2) is 18.0 Å². The van der Waals surface area contributed by atoms with E-state index in [9.17, 15) is 4.79 Å². The van der Waals surface area contributed by atoms with E-state index in [0.29, 0.717) is 21.3 Å². The van der Waals surface area contributed by atoms with Crippen molar-refractivity contribution in [1.29, 1.82) is 0 Å². The summed E-state index contributed by atoms with van der Waals surface area (Å²) in [7, 11) is 1.63. The number of hydrogen-bond acceptors (Lipinski definition) is 3. The molecule has 0 atom stereocenters. The lowest BCUT2D eigenvalue weighted by Crippen LogP contribution is -2.16. The number of benzene rings is 3. The van der Waals surface area contributed by atoms with Crippen molar-refractivity contribution < 1.29 is 9.53 Å². The van der Waals surface area contributed by atoms with Crippen molar-refractivity contribution in [1.82, 2.24) is 4.98 Å².